The zero-order chi connectivity index (χ0) is 12.3. The monoisotopic (exact) mass is 231 g/mol. The molecular formula is C12H26NOP. The SMILES string of the molecule is CC(C)P(=O)(/C=C/NC(C)(C)C)C(C)C. The molecule has 0 radical (unpaired) electrons. The van der Waals surface area contributed by atoms with Gasteiger partial charge in [-0.15, -0.1) is 0 Å². The summed E-state index contributed by atoms with van der Waals surface area (Å²) in [6.07, 6.45) is 1.86. The molecular weight excluding hydrogens is 205 g/mol. The molecule has 90 valence electrons. The van der Waals surface area contributed by atoms with Crippen LogP contribution in [0.25, 0.3) is 0 Å². The van der Waals surface area contributed by atoms with Gasteiger partial charge in [-0.2, -0.15) is 0 Å². The third-order valence-electron chi connectivity index (χ3n) is 2.44. The molecule has 0 fully saturated rings. The second kappa shape index (κ2) is 5.21. The van der Waals surface area contributed by atoms with Crippen LogP contribution in [0.15, 0.2) is 12.0 Å². The first kappa shape index (κ1) is 14.8. The van der Waals surface area contributed by atoms with Gasteiger partial charge in [-0.1, -0.05) is 27.7 Å². The van der Waals surface area contributed by atoms with Crippen molar-refractivity contribution >= 4 is 7.14 Å². The van der Waals surface area contributed by atoms with Gasteiger partial charge in [0.1, 0.15) is 7.14 Å². The quantitative estimate of drug-likeness (QED) is 0.740. The molecule has 0 aliphatic carbocycles. The predicted octanol–water partition coefficient (Wildman–Crippen LogP) is 4.03. The van der Waals surface area contributed by atoms with E-state index in [1.165, 1.54) is 0 Å². The highest BCUT2D eigenvalue weighted by Gasteiger charge is 2.27. The molecule has 0 atom stereocenters. The number of nitrogens with one attached hydrogen (secondary N) is 1. The number of rotatable bonds is 4. The van der Waals surface area contributed by atoms with E-state index in [0.717, 1.165) is 0 Å². The van der Waals surface area contributed by atoms with E-state index in [-0.39, 0.29) is 16.9 Å². The van der Waals surface area contributed by atoms with Gasteiger partial charge in [0.25, 0.3) is 0 Å². The Balaban J connectivity index is 4.65. The van der Waals surface area contributed by atoms with Crippen molar-refractivity contribution in [2.75, 3.05) is 0 Å². The van der Waals surface area contributed by atoms with Crippen LogP contribution < -0.4 is 5.32 Å². The first-order valence-electron chi connectivity index (χ1n) is 5.64. The fraction of sp³-hybridized carbons (Fsp3) is 0.833. The second-order valence-electron chi connectivity index (χ2n) is 5.66. The van der Waals surface area contributed by atoms with E-state index >= 15 is 0 Å². The molecule has 0 aliphatic rings. The third-order valence-corrected chi connectivity index (χ3v) is 6.28. The molecule has 0 aromatic carbocycles. The van der Waals surface area contributed by atoms with Crippen LogP contribution in [0.3, 0.4) is 0 Å². The van der Waals surface area contributed by atoms with Gasteiger partial charge in [0.15, 0.2) is 0 Å². The second-order valence-corrected chi connectivity index (χ2v) is 9.55. The molecule has 0 heterocycles. The maximum Gasteiger partial charge on any atom is 0.114 e. The van der Waals surface area contributed by atoms with E-state index in [2.05, 4.69) is 26.1 Å². The summed E-state index contributed by atoms with van der Waals surface area (Å²) in [5.41, 5.74) is 0.473. The van der Waals surface area contributed by atoms with Crippen LogP contribution in [0.1, 0.15) is 48.5 Å². The lowest BCUT2D eigenvalue weighted by Crippen LogP contribution is -2.31. The molecule has 15 heavy (non-hydrogen) atoms. The summed E-state index contributed by atoms with van der Waals surface area (Å²) in [4.78, 5) is 0. The Kier molecular flexibility index (Phi) is 5.13. The van der Waals surface area contributed by atoms with E-state index in [1.807, 2.05) is 39.7 Å². The van der Waals surface area contributed by atoms with E-state index < -0.39 is 7.14 Å². The highest BCUT2D eigenvalue weighted by atomic mass is 31.2. The molecule has 2 nitrogen and oxygen atoms in total. The molecule has 1 N–H and O–H groups in total. The molecule has 0 aliphatic heterocycles. The Morgan fingerprint density at radius 2 is 1.47 bits per heavy atom. The van der Waals surface area contributed by atoms with Crippen molar-refractivity contribution in [3.8, 4) is 0 Å². The standard InChI is InChI=1S/C12H26NOP/c1-10(2)15(14,11(3)4)9-8-13-12(5,6)7/h8-11,13H,1-7H3/b9-8+. The average molecular weight is 231 g/mol. The first-order chi connectivity index (χ1) is 6.59. The normalized spacial score (nSPS) is 14.2. The van der Waals surface area contributed by atoms with Crippen LogP contribution in [-0.4, -0.2) is 16.9 Å². The first-order valence-corrected chi connectivity index (χ1v) is 7.55. The van der Waals surface area contributed by atoms with Gasteiger partial charge in [0.2, 0.25) is 0 Å². The summed E-state index contributed by atoms with van der Waals surface area (Å²) in [6, 6.07) is 0. The fourth-order valence-electron chi connectivity index (χ4n) is 1.34. The van der Waals surface area contributed by atoms with Crippen LogP contribution in [0, 0.1) is 0 Å². The molecule has 0 bridgehead atoms. The van der Waals surface area contributed by atoms with Crippen LogP contribution >= 0.6 is 7.14 Å². The molecule has 0 spiro atoms. The largest absolute Gasteiger partial charge is 0.386 e. The summed E-state index contributed by atoms with van der Waals surface area (Å²) in [6.45, 7) is 14.4. The number of hydrogen-bond acceptors (Lipinski definition) is 2. The highest BCUT2D eigenvalue weighted by Crippen LogP contribution is 2.56. The molecule has 0 unspecified atom stereocenters. The highest BCUT2D eigenvalue weighted by molar-refractivity contribution is 7.68. The van der Waals surface area contributed by atoms with Gasteiger partial charge in [-0.25, -0.2) is 0 Å². The Labute approximate surface area is 94.9 Å². The van der Waals surface area contributed by atoms with E-state index in [1.54, 1.807) is 0 Å². The molecule has 0 amide bonds. The van der Waals surface area contributed by atoms with Crippen LogP contribution in [0.2, 0.25) is 0 Å². The Morgan fingerprint density at radius 1 is 1.07 bits per heavy atom. The minimum absolute atomic E-state index is 0.0370. The van der Waals surface area contributed by atoms with Gasteiger partial charge >= 0.3 is 0 Å². The van der Waals surface area contributed by atoms with Crippen LogP contribution in [0.5, 0.6) is 0 Å². The third kappa shape index (κ3) is 4.88. The van der Waals surface area contributed by atoms with Crippen molar-refractivity contribution in [3.63, 3.8) is 0 Å². The molecule has 3 heteroatoms. The Bertz CT molecular complexity index is 249. The summed E-state index contributed by atoms with van der Waals surface area (Å²) >= 11 is 0. The maximum atomic E-state index is 12.6. The zero-order valence-electron chi connectivity index (χ0n) is 11.2. The fourth-order valence-corrected chi connectivity index (χ4v) is 3.53. The topological polar surface area (TPSA) is 29.1 Å². The predicted molar refractivity (Wildman–Crippen MR) is 69.9 cm³/mol. The van der Waals surface area contributed by atoms with Gasteiger partial charge in [-0.05, 0) is 26.6 Å². The van der Waals surface area contributed by atoms with E-state index in [9.17, 15) is 4.57 Å². The number of hydrogen-bond donors (Lipinski definition) is 1. The van der Waals surface area contributed by atoms with Crippen LogP contribution in [0.4, 0.5) is 0 Å². The van der Waals surface area contributed by atoms with Crippen molar-refractivity contribution in [1.82, 2.24) is 5.32 Å². The Morgan fingerprint density at radius 3 is 1.73 bits per heavy atom. The molecule has 0 rings (SSSR count). The van der Waals surface area contributed by atoms with Crippen molar-refractivity contribution < 1.29 is 4.57 Å². The molecule has 0 aromatic heterocycles. The lowest BCUT2D eigenvalue weighted by molar-refractivity contribution is 0.491. The minimum atomic E-state index is -2.19. The van der Waals surface area contributed by atoms with Gasteiger partial charge in [0, 0.05) is 23.1 Å². The lowest BCUT2D eigenvalue weighted by Gasteiger charge is -2.24. The minimum Gasteiger partial charge on any atom is -0.386 e. The van der Waals surface area contributed by atoms with Crippen molar-refractivity contribution in [1.29, 1.82) is 0 Å². The van der Waals surface area contributed by atoms with Gasteiger partial charge < -0.3 is 9.88 Å². The van der Waals surface area contributed by atoms with Gasteiger partial charge in [-0.3, -0.25) is 0 Å². The molecule has 0 aromatic rings. The lowest BCUT2D eigenvalue weighted by atomic mass is 10.1. The summed E-state index contributed by atoms with van der Waals surface area (Å²) in [5, 5.41) is 3.23. The van der Waals surface area contributed by atoms with Gasteiger partial charge in [0.05, 0.1) is 0 Å². The summed E-state index contributed by atoms with van der Waals surface area (Å²) < 4.78 is 12.6. The van der Waals surface area contributed by atoms with E-state index in [4.69, 9.17) is 0 Å². The molecule has 0 saturated carbocycles. The maximum absolute atomic E-state index is 12.6. The summed E-state index contributed by atoms with van der Waals surface area (Å²) in [7, 11) is -2.19. The van der Waals surface area contributed by atoms with Crippen LogP contribution in [-0.2, 0) is 4.57 Å². The molecule has 0 saturated heterocycles. The summed E-state index contributed by atoms with van der Waals surface area (Å²) in [5.74, 6) is 1.88. The van der Waals surface area contributed by atoms with E-state index in [0.29, 0.717) is 0 Å². The van der Waals surface area contributed by atoms with Crippen molar-refractivity contribution in [2.45, 2.75) is 65.3 Å². The zero-order valence-corrected chi connectivity index (χ0v) is 12.1. The smallest absolute Gasteiger partial charge is 0.114 e. The Hall–Kier alpha value is -0.230. The van der Waals surface area contributed by atoms with Crippen molar-refractivity contribution in [2.24, 2.45) is 0 Å². The average Bonchev–Trinajstić information content (AvgIpc) is 2.00. The van der Waals surface area contributed by atoms with Crippen molar-refractivity contribution in [3.05, 3.63) is 12.0 Å².